The van der Waals surface area contributed by atoms with E-state index in [1.54, 1.807) is 6.33 Å². The van der Waals surface area contributed by atoms with E-state index in [2.05, 4.69) is 72.9 Å². The number of hydrogen-bond acceptors (Lipinski definition) is 4. The first-order chi connectivity index (χ1) is 13.2. The minimum atomic E-state index is -1.75. The number of anilines is 1. The van der Waals surface area contributed by atoms with Gasteiger partial charge >= 0.3 is 0 Å². The number of hydrogen-bond donors (Lipinski definition) is 1. The van der Waals surface area contributed by atoms with Gasteiger partial charge in [0.2, 0.25) is 0 Å². The molecule has 2 saturated carbocycles. The number of nitrogens with zero attached hydrogens (tertiary/aromatic N) is 3. The van der Waals surface area contributed by atoms with Gasteiger partial charge in [0.15, 0.2) is 8.32 Å². The third-order valence-corrected chi connectivity index (χ3v) is 11.7. The van der Waals surface area contributed by atoms with E-state index in [1.807, 2.05) is 0 Å². The predicted octanol–water partition coefficient (Wildman–Crippen LogP) is 5.61. The molecule has 6 heteroatoms. The van der Waals surface area contributed by atoms with Gasteiger partial charge in [-0.3, -0.25) is 0 Å². The van der Waals surface area contributed by atoms with Gasteiger partial charge in [-0.2, -0.15) is 0 Å². The van der Waals surface area contributed by atoms with Crippen molar-refractivity contribution in [1.29, 1.82) is 0 Å². The Labute approximate surface area is 170 Å². The topological polar surface area (TPSA) is 52.0 Å². The highest BCUT2D eigenvalue weighted by atomic mass is 28.4. The van der Waals surface area contributed by atoms with E-state index >= 15 is 0 Å². The maximum Gasteiger partial charge on any atom is 0.192 e. The van der Waals surface area contributed by atoms with Crippen LogP contribution in [0.1, 0.15) is 59.4 Å². The summed E-state index contributed by atoms with van der Waals surface area (Å²) in [5.41, 5.74) is 1.05. The molecule has 0 aromatic carbocycles. The van der Waals surface area contributed by atoms with Crippen LogP contribution < -0.4 is 5.32 Å². The summed E-state index contributed by atoms with van der Waals surface area (Å²) in [4.78, 5) is 9.13. The number of rotatable bonds is 6. The van der Waals surface area contributed by atoms with E-state index in [9.17, 15) is 0 Å². The Morgan fingerprint density at radius 1 is 1.21 bits per heavy atom. The SMILES string of the molecule is C[C@H]1C[C@@H](n2ccc3c(NCC4CC4)ncnc32)C[C@@H]1O[Si](C)(C)C(C)(C)C. The van der Waals surface area contributed by atoms with Crippen LogP contribution in [0, 0.1) is 11.8 Å². The van der Waals surface area contributed by atoms with Crippen molar-refractivity contribution in [2.75, 3.05) is 11.9 Å². The van der Waals surface area contributed by atoms with Gasteiger partial charge in [-0.15, -0.1) is 0 Å². The van der Waals surface area contributed by atoms with Crippen LogP contribution in [0.4, 0.5) is 5.82 Å². The van der Waals surface area contributed by atoms with Crippen LogP contribution in [0.15, 0.2) is 18.6 Å². The summed E-state index contributed by atoms with van der Waals surface area (Å²) < 4.78 is 9.16. The van der Waals surface area contributed by atoms with Gasteiger partial charge in [-0.25, -0.2) is 9.97 Å². The molecule has 28 heavy (non-hydrogen) atoms. The van der Waals surface area contributed by atoms with E-state index < -0.39 is 8.32 Å². The zero-order valence-electron chi connectivity index (χ0n) is 18.3. The van der Waals surface area contributed by atoms with Gasteiger partial charge in [0, 0.05) is 24.9 Å². The largest absolute Gasteiger partial charge is 0.414 e. The van der Waals surface area contributed by atoms with E-state index in [4.69, 9.17) is 4.43 Å². The summed E-state index contributed by atoms with van der Waals surface area (Å²) in [6.45, 7) is 15.1. The van der Waals surface area contributed by atoms with Crippen LogP contribution in [0.2, 0.25) is 18.1 Å². The van der Waals surface area contributed by atoms with Gasteiger partial charge in [0.05, 0.1) is 5.39 Å². The molecule has 3 atom stereocenters. The lowest BCUT2D eigenvalue weighted by atomic mass is 10.1. The molecule has 2 aromatic rings. The van der Waals surface area contributed by atoms with Gasteiger partial charge < -0.3 is 14.3 Å². The summed E-state index contributed by atoms with van der Waals surface area (Å²) in [6.07, 6.45) is 9.17. The molecular formula is C22H36N4OSi. The first-order valence-electron chi connectivity index (χ1n) is 10.9. The maximum atomic E-state index is 6.79. The Morgan fingerprint density at radius 2 is 1.96 bits per heavy atom. The average molecular weight is 401 g/mol. The minimum Gasteiger partial charge on any atom is -0.414 e. The first kappa shape index (κ1) is 19.9. The molecule has 2 aliphatic carbocycles. The van der Waals surface area contributed by atoms with E-state index in [-0.39, 0.29) is 5.04 Å². The van der Waals surface area contributed by atoms with Crippen LogP contribution in [0.25, 0.3) is 11.0 Å². The molecule has 2 heterocycles. The zero-order valence-corrected chi connectivity index (χ0v) is 19.3. The Hall–Kier alpha value is -1.40. The van der Waals surface area contributed by atoms with Gasteiger partial charge in [-0.1, -0.05) is 27.7 Å². The monoisotopic (exact) mass is 400 g/mol. The van der Waals surface area contributed by atoms with Crippen molar-refractivity contribution in [2.24, 2.45) is 11.8 Å². The molecule has 2 aliphatic rings. The molecule has 0 amide bonds. The molecule has 4 rings (SSSR count). The number of fused-ring (bicyclic) bond motifs is 1. The summed E-state index contributed by atoms with van der Waals surface area (Å²) in [5.74, 6) is 2.39. The molecule has 2 fully saturated rings. The standard InChI is InChI=1S/C22H36N4OSi/c1-15-11-17(12-19(15)27-28(5,6)22(2,3)4)26-10-9-18-20(23-13-16-7-8-16)24-14-25-21(18)26/h9-10,14-17,19H,7-8,11-13H2,1-6H3,(H,23,24,25)/t15-,17+,19-/m0/s1. The molecule has 154 valence electrons. The van der Waals surface area contributed by atoms with Crippen molar-refractivity contribution in [3.63, 3.8) is 0 Å². The van der Waals surface area contributed by atoms with Crippen molar-refractivity contribution in [2.45, 2.75) is 83.7 Å². The highest BCUT2D eigenvalue weighted by molar-refractivity contribution is 6.74. The van der Waals surface area contributed by atoms with Crippen LogP contribution in [0.3, 0.4) is 0 Å². The number of nitrogens with one attached hydrogen (secondary N) is 1. The Kier molecular flexibility index (Phi) is 5.07. The van der Waals surface area contributed by atoms with Crippen molar-refractivity contribution in [3.05, 3.63) is 18.6 Å². The Morgan fingerprint density at radius 3 is 2.64 bits per heavy atom. The summed E-state index contributed by atoms with van der Waals surface area (Å²) in [7, 11) is -1.75. The highest BCUT2D eigenvalue weighted by Crippen LogP contribution is 2.44. The third-order valence-electron chi connectivity index (χ3n) is 7.19. The summed E-state index contributed by atoms with van der Waals surface area (Å²) in [5, 5.41) is 4.93. The van der Waals surface area contributed by atoms with Crippen molar-refractivity contribution >= 4 is 25.2 Å². The van der Waals surface area contributed by atoms with Gasteiger partial charge in [0.1, 0.15) is 17.8 Å². The molecule has 5 nitrogen and oxygen atoms in total. The third kappa shape index (κ3) is 3.86. The lowest BCUT2D eigenvalue weighted by Gasteiger charge is -2.39. The molecule has 0 spiro atoms. The Balaban J connectivity index is 1.51. The molecule has 0 radical (unpaired) electrons. The van der Waals surface area contributed by atoms with Crippen molar-refractivity contribution < 1.29 is 4.43 Å². The summed E-state index contributed by atoms with van der Waals surface area (Å²) in [6, 6.07) is 2.63. The lowest BCUT2D eigenvalue weighted by Crippen LogP contribution is -2.44. The van der Waals surface area contributed by atoms with Gasteiger partial charge in [-0.05, 0) is 61.7 Å². The Bertz CT molecular complexity index is 837. The molecule has 0 saturated heterocycles. The van der Waals surface area contributed by atoms with E-state index in [0.717, 1.165) is 42.2 Å². The van der Waals surface area contributed by atoms with E-state index in [1.165, 1.54) is 12.8 Å². The van der Waals surface area contributed by atoms with Crippen LogP contribution in [-0.2, 0) is 4.43 Å². The lowest BCUT2D eigenvalue weighted by molar-refractivity contribution is 0.147. The molecule has 0 unspecified atom stereocenters. The quantitative estimate of drug-likeness (QED) is 0.640. The molecule has 1 N–H and O–H groups in total. The summed E-state index contributed by atoms with van der Waals surface area (Å²) >= 11 is 0. The maximum absolute atomic E-state index is 6.79. The molecule has 2 aromatic heterocycles. The van der Waals surface area contributed by atoms with Crippen LogP contribution >= 0.6 is 0 Å². The zero-order chi connectivity index (χ0) is 20.1. The minimum absolute atomic E-state index is 0.250. The van der Waals surface area contributed by atoms with Crippen molar-refractivity contribution in [3.8, 4) is 0 Å². The highest BCUT2D eigenvalue weighted by Gasteiger charge is 2.43. The van der Waals surface area contributed by atoms with Crippen molar-refractivity contribution in [1.82, 2.24) is 14.5 Å². The fraction of sp³-hybridized carbons (Fsp3) is 0.727. The molecular weight excluding hydrogens is 364 g/mol. The average Bonchev–Trinajstić information content (AvgIpc) is 3.23. The predicted molar refractivity (Wildman–Crippen MR) is 118 cm³/mol. The fourth-order valence-corrected chi connectivity index (χ4v) is 5.53. The smallest absolute Gasteiger partial charge is 0.192 e. The molecule has 0 aliphatic heterocycles. The van der Waals surface area contributed by atoms with Gasteiger partial charge in [0.25, 0.3) is 0 Å². The van der Waals surface area contributed by atoms with Crippen LogP contribution in [-0.4, -0.2) is 35.5 Å². The first-order valence-corrected chi connectivity index (χ1v) is 13.8. The number of aromatic nitrogens is 3. The second-order valence-corrected chi connectivity index (χ2v) is 15.3. The fourth-order valence-electron chi connectivity index (χ4n) is 4.09. The second-order valence-electron chi connectivity index (χ2n) is 10.5. The second kappa shape index (κ2) is 7.13. The van der Waals surface area contributed by atoms with Crippen LogP contribution in [0.5, 0.6) is 0 Å². The normalized spacial score (nSPS) is 26.1. The molecule has 0 bridgehead atoms. The van der Waals surface area contributed by atoms with E-state index in [0.29, 0.717) is 18.1 Å².